The Hall–Kier alpha value is -0.270. The maximum atomic E-state index is 11.9. The lowest BCUT2D eigenvalue weighted by Gasteiger charge is -2.29. The van der Waals surface area contributed by atoms with Crippen LogP contribution < -0.4 is 10.5 Å². The van der Waals surface area contributed by atoms with Crippen LogP contribution in [-0.4, -0.2) is 25.8 Å². The van der Waals surface area contributed by atoms with Crippen LogP contribution in [0.1, 0.15) is 20.8 Å². The molecule has 0 saturated carbocycles. The fraction of sp³-hybridized carbons (Fsp3) is 1.00. The van der Waals surface area contributed by atoms with Gasteiger partial charge in [-0.25, -0.2) is 13.1 Å². The lowest BCUT2D eigenvalue weighted by molar-refractivity contribution is 0.227. The number of alkyl halides is 2. The van der Waals surface area contributed by atoms with Crippen molar-refractivity contribution in [2.45, 2.75) is 38.1 Å². The average Bonchev–Trinajstić information content (AvgIpc) is 1.83. The van der Waals surface area contributed by atoms with Gasteiger partial charge in [-0.15, -0.1) is 0 Å². The summed E-state index contributed by atoms with van der Waals surface area (Å²) in [4.78, 5) is 0. The van der Waals surface area contributed by atoms with Crippen molar-refractivity contribution < 1.29 is 17.2 Å². The molecule has 7 heteroatoms. The van der Waals surface area contributed by atoms with Crippen LogP contribution in [0.25, 0.3) is 0 Å². The molecule has 0 aliphatic carbocycles. The molecule has 0 radical (unpaired) electrons. The van der Waals surface area contributed by atoms with E-state index in [9.17, 15) is 17.2 Å². The van der Waals surface area contributed by atoms with Crippen molar-refractivity contribution >= 4 is 10.0 Å². The van der Waals surface area contributed by atoms with Crippen molar-refractivity contribution in [1.82, 2.24) is 4.72 Å². The summed E-state index contributed by atoms with van der Waals surface area (Å²) in [5, 5.41) is 0. The van der Waals surface area contributed by atoms with Crippen molar-refractivity contribution in [3.05, 3.63) is 0 Å². The summed E-state index contributed by atoms with van der Waals surface area (Å²) < 4.78 is 47.1. The van der Waals surface area contributed by atoms with Gasteiger partial charge in [0.15, 0.2) is 0 Å². The fourth-order valence-corrected chi connectivity index (χ4v) is 1.51. The second-order valence-electron chi connectivity index (χ2n) is 3.42. The smallest absolute Gasteiger partial charge is 0.326 e. The van der Waals surface area contributed by atoms with Crippen LogP contribution >= 0.6 is 0 Å². The molecule has 0 rings (SSSR count). The Balaban J connectivity index is 4.63. The average molecular weight is 216 g/mol. The first-order valence-corrected chi connectivity index (χ1v) is 5.21. The lowest BCUT2D eigenvalue weighted by atomic mass is 9.99. The normalized spacial score (nSPS) is 16.2. The standard InChI is InChI=1S/C6H14F2N2O2S/c1-4(9)6(2,3)10-13(11,12)5(7)8/h4-5,10H,9H2,1-3H3. The van der Waals surface area contributed by atoms with Crippen LogP contribution in [0.5, 0.6) is 0 Å². The lowest BCUT2D eigenvalue weighted by Crippen LogP contribution is -2.55. The number of nitrogens with two attached hydrogens (primary N) is 1. The van der Waals surface area contributed by atoms with E-state index in [0.29, 0.717) is 0 Å². The molecular formula is C6H14F2N2O2S. The van der Waals surface area contributed by atoms with E-state index in [1.165, 1.54) is 20.8 Å². The minimum atomic E-state index is -4.56. The first kappa shape index (κ1) is 12.7. The molecule has 0 saturated heterocycles. The van der Waals surface area contributed by atoms with Crippen molar-refractivity contribution in [1.29, 1.82) is 0 Å². The third kappa shape index (κ3) is 3.53. The maximum Gasteiger partial charge on any atom is 0.350 e. The summed E-state index contributed by atoms with van der Waals surface area (Å²) in [5.41, 5.74) is 4.33. The molecule has 0 fully saturated rings. The molecule has 0 aliphatic rings. The van der Waals surface area contributed by atoms with Crippen LogP contribution in [0, 0.1) is 0 Å². The van der Waals surface area contributed by atoms with E-state index in [1.807, 2.05) is 4.72 Å². The molecular weight excluding hydrogens is 202 g/mol. The van der Waals surface area contributed by atoms with Crippen LogP contribution in [0.15, 0.2) is 0 Å². The molecule has 4 nitrogen and oxygen atoms in total. The Morgan fingerprint density at radius 1 is 1.38 bits per heavy atom. The molecule has 0 aliphatic heterocycles. The van der Waals surface area contributed by atoms with Gasteiger partial charge in [-0.3, -0.25) is 0 Å². The second kappa shape index (κ2) is 3.85. The molecule has 3 N–H and O–H groups in total. The third-order valence-electron chi connectivity index (χ3n) is 1.78. The largest absolute Gasteiger partial charge is 0.350 e. The van der Waals surface area contributed by atoms with Crippen LogP contribution in [0.2, 0.25) is 0 Å². The van der Waals surface area contributed by atoms with Crippen LogP contribution in [-0.2, 0) is 10.0 Å². The van der Waals surface area contributed by atoms with Crippen LogP contribution in [0.4, 0.5) is 8.78 Å². The predicted octanol–water partition coefficient (Wildman–Crippen LogP) is 0.254. The zero-order valence-electron chi connectivity index (χ0n) is 7.71. The summed E-state index contributed by atoms with van der Waals surface area (Å²) in [6.45, 7) is 4.42. The predicted molar refractivity (Wildman–Crippen MR) is 45.8 cm³/mol. The van der Waals surface area contributed by atoms with E-state index in [-0.39, 0.29) is 0 Å². The highest BCUT2D eigenvalue weighted by Gasteiger charge is 2.33. The molecule has 0 amide bonds. The quantitative estimate of drug-likeness (QED) is 0.707. The highest BCUT2D eigenvalue weighted by atomic mass is 32.2. The van der Waals surface area contributed by atoms with Gasteiger partial charge in [0.1, 0.15) is 0 Å². The first-order chi connectivity index (χ1) is 5.59. The van der Waals surface area contributed by atoms with Crippen molar-refractivity contribution in [2.75, 3.05) is 0 Å². The second-order valence-corrected chi connectivity index (χ2v) is 5.07. The SMILES string of the molecule is CC(N)C(C)(C)NS(=O)(=O)C(F)F. The van der Waals surface area contributed by atoms with Gasteiger partial charge in [0.05, 0.1) is 0 Å². The summed E-state index contributed by atoms with van der Waals surface area (Å²) >= 11 is 0. The van der Waals surface area contributed by atoms with Gasteiger partial charge >= 0.3 is 5.76 Å². The number of halogens is 2. The molecule has 0 spiro atoms. The van der Waals surface area contributed by atoms with Gasteiger partial charge in [-0.05, 0) is 20.8 Å². The molecule has 1 atom stereocenters. The topological polar surface area (TPSA) is 72.2 Å². The third-order valence-corrected chi connectivity index (χ3v) is 3.06. The van der Waals surface area contributed by atoms with Gasteiger partial charge < -0.3 is 5.73 Å². The van der Waals surface area contributed by atoms with Gasteiger partial charge in [0, 0.05) is 11.6 Å². The minimum Gasteiger partial charge on any atom is -0.326 e. The van der Waals surface area contributed by atoms with E-state index in [0.717, 1.165) is 0 Å². The molecule has 80 valence electrons. The molecule has 0 bridgehead atoms. The maximum absolute atomic E-state index is 11.9. The molecule has 0 aromatic rings. The van der Waals surface area contributed by atoms with Crippen molar-refractivity contribution in [2.24, 2.45) is 5.73 Å². The minimum absolute atomic E-state index is 0.555. The first-order valence-electron chi connectivity index (χ1n) is 3.66. The van der Waals surface area contributed by atoms with E-state index in [1.54, 1.807) is 0 Å². The number of hydrogen-bond acceptors (Lipinski definition) is 3. The van der Waals surface area contributed by atoms with Crippen molar-refractivity contribution in [3.8, 4) is 0 Å². The fourth-order valence-electron chi connectivity index (χ4n) is 0.504. The zero-order chi connectivity index (χ0) is 10.9. The monoisotopic (exact) mass is 216 g/mol. The number of hydrogen-bond donors (Lipinski definition) is 2. The molecule has 0 heterocycles. The zero-order valence-corrected chi connectivity index (χ0v) is 8.53. The van der Waals surface area contributed by atoms with Gasteiger partial charge in [-0.2, -0.15) is 8.78 Å². The summed E-state index contributed by atoms with van der Waals surface area (Å²) in [6, 6.07) is -0.555. The van der Waals surface area contributed by atoms with Crippen molar-refractivity contribution in [3.63, 3.8) is 0 Å². The molecule has 1 unspecified atom stereocenters. The summed E-state index contributed by atoms with van der Waals surface area (Å²) in [6.07, 6.45) is 0. The number of sulfonamides is 1. The van der Waals surface area contributed by atoms with Gasteiger partial charge in [0.25, 0.3) is 10.0 Å². The van der Waals surface area contributed by atoms with Gasteiger partial charge in [-0.1, -0.05) is 0 Å². The molecule has 13 heavy (non-hydrogen) atoms. The number of nitrogens with one attached hydrogen (secondary N) is 1. The highest BCUT2D eigenvalue weighted by Crippen LogP contribution is 2.12. The Kier molecular flexibility index (Phi) is 3.77. The Bertz CT molecular complexity index is 262. The summed E-state index contributed by atoms with van der Waals surface area (Å²) in [7, 11) is -4.56. The summed E-state index contributed by atoms with van der Waals surface area (Å²) in [5.74, 6) is -3.43. The Morgan fingerprint density at radius 3 is 2.00 bits per heavy atom. The van der Waals surface area contributed by atoms with Gasteiger partial charge in [0.2, 0.25) is 0 Å². The highest BCUT2D eigenvalue weighted by molar-refractivity contribution is 7.89. The number of rotatable bonds is 4. The van der Waals surface area contributed by atoms with E-state index < -0.39 is 27.4 Å². The Labute approximate surface area is 76.5 Å². The molecule has 0 aromatic carbocycles. The van der Waals surface area contributed by atoms with E-state index in [2.05, 4.69) is 0 Å². The molecule has 0 aromatic heterocycles. The van der Waals surface area contributed by atoms with E-state index >= 15 is 0 Å². The Morgan fingerprint density at radius 2 is 1.77 bits per heavy atom. The van der Waals surface area contributed by atoms with Crippen LogP contribution in [0.3, 0.4) is 0 Å². The van der Waals surface area contributed by atoms with E-state index in [4.69, 9.17) is 5.73 Å².